The molecule has 1 amide bonds. The Bertz CT molecular complexity index is 844. The van der Waals surface area contributed by atoms with Crippen LogP contribution in [0.15, 0.2) is 60.0 Å². The van der Waals surface area contributed by atoms with Gasteiger partial charge in [0.1, 0.15) is 5.75 Å². The van der Waals surface area contributed by atoms with E-state index in [1.54, 1.807) is 11.8 Å². The summed E-state index contributed by atoms with van der Waals surface area (Å²) in [6.07, 6.45) is -0.632. The van der Waals surface area contributed by atoms with Crippen LogP contribution in [0.5, 0.6) is 5.75 Å². The molecule has 5 heteroatoms. The zero-order chi connectivity index (χ0) is 17.8. The van der Waals surface area contributed by atoms with E-state index in [1.165, 1.54) is 11.3 Å². The molecule has 0 saturated carbocycles. The van der Waals surface area contributed by atoms with E-state index >= 15 is 0 Å². The lowest BCUT2D eigenvalue weighted by Gasteiger charge is -2.24. The van der Waals surface area contributed by atoms with E-state index in [0.29, 0.717) is 10.9 Å². The first kappa shape index (κ1) is 17.2. The van der Waals surface area contributed by atoms with E-state index in [1.807, 2.05) is 73.8 Å². The summed E-state index contributed by atoms with van der Waals surface area (Å²) in [4.78, 5) is 19.2. The number of aromatic nitrogens is 1. The highest BCUT2D eigenvalue weighted by Crippen LogP contribution is 2.29. The van der Waals surface area contributed by atoms with E-state index in [9.17, 15) is 4.79 Å². The Kier molecular flexibility index (Phi) is 5.14. The van der Waals surface area contributed by atoms with Gasteiger partial charge in [0.25, 0.3) is 5.91 Å². The minimum absolute atomic E-state index is 0.152. The summed E-state index contributed by atoms with van der Waals surface area (Å²) in [5, 5.41) is 2.58. The molecule has 25 heavy (non-hydrogen) atoms. The summed E-state index contributed by atoms with van der Waals surface area (Å²) < 4.78 is 5.85. The summed E-state index contributed by atoms with van der Waals surface area (Å²) in [5.41, 5.74) is 2.82. The van der Waals surface area contributed by atoms with Crippen LogP contribution < -0.4 is 9.64 Å². The van der Waals surface area contributed by atoms with Gasteiger partial charge in [0.2, 0.25) is 0 Å². The molecule has 4 nitrogen and oxygen atoms in total. The number of benzene rings is 2. The van der Waals surface area contributed by atoms with Gasteiger partial charge < -0.3 is 4.74 Å². The second kappa shape index (κ2) is 7.49. The average molecular weight is 352 g/mol. The highest BCUT2D eigenvalue weighted by Gasteiger charge is 2.27. The molecule has 0 aliphatic rings. The SMILES string of the molecule is Cc1ccc(OC(C)C(=O)N(c2ccccc2)c2nc(C)cs2)cc1. The highest BCUT2D eigenvalue weighted by molar-refractivity contribution is 7.14. The van der Waals surface area contributed by atoms with Gasteiger partial charge in [-0.25, -0.2) is 4.98 Å². The maximum absolute atomic E-state index is 13.1. The maximum atomic E-state index is 13.1. The van der Waals surface area contributed by atoms with Gasteiger partial charge in [0, 0.05) is 5.38 Å². The molecule has 1 aromatic heterocycles. The van der Waals surface area contributed by atoms with E-state index in [0.717, 1.165) is 16.9 Å². The van der Waals surface area contributed by atoms with Crippen molar-refractivity contribution in [3.05, 3.63) is 71.2 Å². The molecule has 2 aromatic carbocycles. The van der Waals surface area contributed by atoms with Crippen LogP contribution in [0.1, 0.15) is 18.2 Å². The van der Waals surface area contributed by atoms with Gasteiger partial charge in [0.15, 0.2) is 11.2 Å². The number of hydrogen-bond acceptors (Lipinski definition) is 4. The number of hydrogen-bond donors (Lipinski definition) is 0. The van der Waals surface area contributed by atoms with Crippen LogP contribution in [-0.2, 0) is 4.79 Å². The fourth-order valence-electron chi connectivity index (χ4n) is 2.41. The van der Waals surface area contributed by atoms with Gasteiger partial charge in [-0.1, -0.05) is 35.9 Å². The number of amides is 1. The number of para-hydroxylation sites is 1. The number of anilines is 2. The largest absolute Gasteiger partial charge is 0.481 e. The van der Waals surface area contributed by atoms with Crippen molar-refractivity contribution in [1.29, 1.82) is 0 Å². The number of nitrogens with zero attached hydrogens (tertiary/aromatic N) is 2. The fourth-order valence-corrected chi connectivity index (χ4v) is 3.23. The number of rotatable bonds is 5. The quantitative estimate of drug-likeness (QED) is 0.656. The number of carbonyl (C=O) groups is 1. The molecule has 1 unspecified atom stereocenters. The predicted octanol–water partition coefficient (Wildman–Crippen LogP) is 4.89. The molecule has 0 saturated heterocycles. The summed E-state index contributed by atoms with van der Waals surface area (Å²) in [5.74, 6) is 0.524. The Morgan fingerprint density at radius 2 is 1.76 bits per heavy atom. The third-order valence-corrected chi connectivity index (χ3v) is 4.66. The average Bonchev–Trinajstić information content (AvgIpc) is 3.04. The number of thiazole rings is 1. The zero-order valence-corrected chi connectivity index (χ0v) is 15.3. The van der Waals surface area contributed by atoms with E-state index in [-0.39, 0.29) is 5.91 Å². The summed E-state index contributed by atoms with van der Waals surface area (Å²) in [6, 6.07) is 17.2. The molecular weight excluding hydrogens is 332 g/mol. The van der Waals surface area contributed by atoms with Crippen molar-refractivity contribution in [3.8, 4) is 5.75 Å². The van der Waals surface area contributed by atoms with Crippen molar-refractivity contribution in [2.75, 3.05) is 4.90 Å². The Morgan fingerprint density at radius 3 is 2.36 bits per heavy atom. The van der Waals surface area contributed by atoms with Gasteiger partial charge in [-0.05, 0) is 45.0 Å². The molecule has 0 spiro atoms. The first-order chi connectivity index (χ1) is 12.0. The first-order valence-corrected chi connectivity index (χ1v) is 8.97. The molecule has 0 fully saturated rings. The second-order valence-electron chi connectivity index (χ2n) is 5.85. The summed E-state index contributed by atoms with van der Waals surface area (Å²) in [7, 11) is 0. The van der Waals surface area contributed by atoms with Crippen LogP contribution in [0.25, 0.3) is 0 Å². The van der Waals surface area contributed by atoms with Crippen molar-refractivity contribution in [2.45, 2.75) is 26.9 Å². The van der Waals surface area contributed by atoms with Crippen LogP contribution in [-0.4, -0.2) is 17.0 Å². The summed E-state index contributed by atoms with van der Waals surface area (Å²) in [6.45, 7) is 5.69. The van der Waals surface area contributed by atoms with E-state index < -0.39 is 6.10 Å². The molecular formula is C20H20N2O2S. The van der Waals surface area contributed by atoms with Gasteiger partial charge in [-0.2, -0.15) is 0 Å². The van der Waals surface area contributed by atoms with Gasteiger partial charge in [-0.3, -0.25) is 9.69 Å². The summed E-state index contributed by atoms with van der Waals surface area (Å²) >= 11 is 1.44. The molecule has 0 bridgehead atoms. The van der Waals surface area contributed by atoms with Crippen LogP contribution >= 0.6 is 11.3 Å². The van der Waals surface area contributed by atoms with Crippen molar-refractivity contribution in [1.82, 2.24) is 4.98 Å². The van der Waals surface area contributed by atoms with Crippen LogP contribution in [0.2, 0.25) is 0 Å². The number of carbonyl (C=O) groups excluding carboxylic acids is 1. The van der Waals surface area contributed by atoms with Crippen LogP contribution in [0.4, 0.5) is 10.8 Å². The minimum atomic E-state index is -0.632. The van der Waals surface area contributed by atoms with Gasteiger partial charge in [0.05, 0.1) is 11.4 Å². The predicted molar refractivity (Wildman–Crippen MR) is 102 cm³/mol. The monoisotopic (exact) mass is 352 g/mol. The third-order valence-electron chi connectivity index (χ3n) is 3.71. The fraction of sp³-hybridized carbons (Fsp3) is 0.200. The van der Waals surface area contributed by atoms with Crippen LogP contribution in [0.3, 0.4) is 0 Å². The molecule has 3 aromatic rings. The molecule has 128 valence electrons. The molecule has 1 heterocycles. The molecule has 0 N–H and O–H groups in total. The van der Waals surface area contributed by atoms with Gasteiger partial charge >= 0.3 is 0 Å². The van der Waals surface area contributed by atoms with Gasteiger partial charge in [-0.15, -0.1) is 11.3 Å². The topological polar surface area (TPSA) is 42.4 Å². The molecule has 3 rings (SSSR count). The van der Waals surface area contributed by atoms with Crippen molar-refractivity contribution < 1.29 is 9.53 Å². The number of ether oxygens (including phenoxy) is 1. The van der Waals surface area contributed by atoms with Crippen molar-refractivity contribution in [3.63, 3.8) is 0 Å². The van der Waals surface area contributed by atoms with Crippen molar-refractivity contribution >= 4 is 28.1 Å². The molecule has 1 atom stereocenters. The Hall–Kier alpha value is -2.66. The third kappa shape index (κ3) is 4.06. The lowest BCUT2D eigenvalue weighted by atomic mass is 10.2. The highest BCUT2D eigenvalue weighted by atomic mass is 32.1. The Morgan fingerprint density at radius 1 is 1.08 bits per heavy atom. The lowest BCUT2D eigenvalue weighted by Crippen LogP contribution is -2.37. The normalized spacial score (nSPS) is 11.8. The molecule has 0 aliphatic carbocycles. The Labute approximate surface area is 151 Å². The standard InChI is InChI=1S/C20H20N2O2S/c1-14-9-11-18(12-10-14)24-16(3)19(23)22(17-7-5-4-6-8-17)20-21-15(2)13-25-20/h4-13,16H,1-3H3. The lowest BCUT2D eigenvalue weighted by molar-refractivity contribution is -0.123. The molecule has 0 radical (unpaired) electrons. The first-order valence-electron chi connectivity index (χ1n) is 8.09. The van der Waals surface area contributed by atoms with E-state index in [4.69, 9.17) is 4.74 Å². The van der Waals surface area contributed by atoms with Crippen molar-refractivity contribution in [2.24, 2.45) is 0 Å². The smallest absolute Gasteiger partial charge is 0.274 e. The second-order valence-corrected chi connectivity index (χ2v) is 6.69. The maximum Gasteiger partial charge on any atom is 0.274 e. The zero-order valence-electron chi connectivity index (χ0n) is 14.5. The molecule has 0 aliphatic heterocycles. The number of aryl methyl sites for hydroxylation is 2. The minimum Gasteiger partial charge on any atom is -0.481 e. The van der Waals surface area contributed by atoms with Crippen LogP contribution in [0, 0.1) is 13.8 Å². The van der Waals surface area contributed by atoms with E-state index in [2.05, 4.69) is 4.98 Å². The Balaban J connectivity index is 1.87.